The fourth-order valence-corrected chi connectivity index (χ4v) is 1.57. The minimum atomic E-state index is -0.0690. The van der Waals surface area contributed by atoms with Gasteiger partial charge in [-0.15, -0.1) is 0 Å². The second-order valence-corrected chi connectivity index (χ2v) is 3.69. The number of nitrogens with zero attached hydrogens (tertiary/aromatic N) is 2. The summed E-state index contributed by atoms with van der Waals surface area (Å²) in [6, 6.07) is 0.220. The molecule has 1 atom stereocenters. The molecule has 0 aliphatic heterocycles. The smallest absolute Gasteiger partial charge is 0.293 e. The summed E-state index contributed by atoms with van der Waals surface area (Å²) in [5.41, 5.74) is 5.44. The van der Waals surface area contributed by atoms with Crippen molar-refractivity contribution in [2.24, 2.45) is 5.73 Å². The number of nitrogens with one attached hydrogen (secondary N) is 1. The second-order valence-electron chi connectivity index (χ2n) is 3.69. The van der Waals surface area contributed by atoms with E-state index < -0.39 is 0 Å². The number of hydrogen-bond acceptors (Lipinski definition) is 4. The maximum atomic E-state index is 11.9. The molecule has 0 aromatic carbocycles. The highest BCUT2D eigenvalue weighted by Crippen LogP contribution is 2.03. The largest absolute Gasteiger partial charge is 0.363 e. The average Bonchev–Trinajstić information content (AvgIpc) is 2.31. The van der Waals surface area contributed by atoms with Gasteiger partial charge < -0.3 is 15.6 Å². The Balaban J connectivity index is 2.84. The maximum absolute atomic E-state index is 11.9. The molecule has 1 rings (SSSR count). The Morgan fingerprint density at radius 3 is 2.88 bits per heavy atom. The first-order valence-electron chi connectivity index (χ1n) is 5.74. The Morgan fingerprint density at radius 1 is 1.56 bits per heavy atom. The molecule has 1 heterocycles. The number of hydrogen-bond donors (Lipinski definition) is 2. The molecule has 0 saturated carbocycles. The Kier molecular flexibility index (Phi) is 4.98. The van der Waals surface area contributed by atoms with E-state index in [2.05, 4.69) is 17.2 Å². The molecule has 0 radical (unpaired) electrons. The van der Waals surface area contributed by atoms with Gasteiger partial charge in [0.2, 0.25) is 0 Å². The van der Waals surface area contributed by atoms with Crippen molar-refractivity contribution >= 4 is 5.82 Å². The third-order valence-electron chi connectivity index (χ3n) is 2.60. The van der Waals surface area contributed by atoms with Gasteiger partial charge in [-0.1, -0.05) is 6.92 Å². The van der Waals surface area contributed by atoms with Gasteiger partial charge in [-0.25, -0.2) is 4.98 Å². The molecular formula is C11H20N4O. The lowest BCUT2D eigenvalue weighted by Crippen LogP contribution is -2.29. The van der Waals surface area contributed by atoms with Crippen LogP contribution in [0.1, 0.15) is 26.7 Å². The summed E-state index contributed by atoms with van der Waals surface area (Å²) in [5, 5.41) is 3.15. The second kappa shape index (κ2) is 6.27. The van der Waals surface area contributed by atoms with Gasteiger partial charge in [0, 0.05) is 25.0 Å². The molecule has 0 spiro atoms. The van der Waals surface area contributed by atoms with E-state index in [1.54, 1.807) is 17.0 Å². The highest BCUT2D eigenvalue weighted by molar-refractivity contribution is 5.32. The minimum Gasteiger partial charge on any atom is -0.363 e. The van der Waals surface area contributed by atoms with Crippen LogP contribution >= 0.6 is 0 Å². The Labute approximate surface area is 95.7 Å². The van der Waals surface area contributed by atoms with Gasteiger partial charge in [-0.05, 0) is 26.3 Å². The average molecular weight is 224 g/mol. The highest BCUT2D eigenvalue weighted by atomic mass is 16.1. The lowest BCUT2D eigenvalue weighted by Gasteiger charge is -2.16. The molecule has 5 heteroatoms. The zero-order chi connectivity index (χ0) is 12.0. The molecule has 16 heavy (non-hydrogen) atoms. The zero-order valence-corrected chi connectivity index (χ0v) is 9.94. The van der Waals surface area contributed by atoms with Crippen molar-refractivity contribution in [3.63, 3.8) is 0 Å². The molecular weight excluding hydrogens is 204 g/mol. The van der Waals surface area contributed by atoms with Gasteiger partial charge >= 0.3 is 0 Å². The van der Waals surface area contributed by atoms with Crippen LogP contribution in [0.4, 0.5) is 5.82 Å². The Bertz CT molecular complexity index is 374. The molecule has 0 aliphatic rings. The van der Waals surface area contributed by atoms with Crippen LogP contribution in [0.25, 0.3) is 0 Å². The van der Waals surface area contributed by atoms with Crippen molar-refractivity contribution in [3.05, 3.63) is 22.7 Å². The topological polar surface area (TPSA) is 72.9 Å². The van der Waals surface area contributed by atoms with Crippen molar-refractivity contribution in [3.8, 4) is 0 Å². The molecule has 1 aromatic rings. The van der Waals surface area contributed by atoms with Crippen molar-refractivity contribution < 1.29 is 0 Å². The molecule has 0 aliphatic carbocycles. The summed E-state index contributed by atoms with van der Waals surface area (Å²) < 4.78 is 1.63. The van der Waals surface area contributed by atoms with Crippen LogP contribution in [-0.2, 0) is 6.54 Å². The van der Waals surface area contributed by atoms with Crippen molar-refractivity contribution in [2.75, 3.05) is 11.9 Å². The molecule has 5 nitrogen and oxygen atoms in total. The van der Waals surface area contributed by atoms with Gasteiger partial charge in [0.05, 0.1) is 0 Å². The normalized spacial score (nSPS) is 12.4. The van der Waals surface area contributed by atoms with E-state index in [4.69, 9.17) is 5.73 Å². The fraction of sp³-hybridized carbons (Fsp3) is 0.636. The van der Waals surface area contributed by atoms with Crippen LogP contribution in [-0.4, -0.2) is 22.1 Å². The predicted molar refractivity (Wildman–Crippen MR) is 65.5 cm³/mol. The molecule has 0 amide bonds. The number of aromatic nitrogens is 2. The fourth-order valence-electron chi connectivity index (χ4n) is 1.57. The Morgan fingerprint density at radius 2 is 2.31 bits per heavy atom. The van der Waals surface area contributed by atoms with Gasteiger partial charge in [0.1, 0.15) is 0 Å². The number of nitrogens with two attached hydrogens (primary N) is 1. The monoisotopic (exact) mass is 224 g/mol. The lowest BCUT2D eigenvalue weighted by molar-refractivity contribution is 0.633. The highest BCUT2D eigenvalue weighted by Gasteiger charge is 2.09. The van der Waals surface area contributed by atoms with E-state index >= 15 is 0 Å². The molecule has 0 fully saturated rings. The number of rotatable bonds is 6. The summed E-state index contributed by atoms with van der Waals surface area (Å²) >= 11 is 0. The lowest BCUT2D eigenvalue weighted by atomic mass is 10.1. The third kappa shape index (κ3) is 3.06. The van der Waals surface area contributed by atoms with E-state index in [1.165, 1.54) is 0 Å². The summed E-state index contributed by atoms with van der Waals surface area (Å²) in [6.07, 6.45) is 5.11. The first-order chi connectivity index (χ1) is 7.72. The third-order valence-corrected chi connectivity index (χ3v) is 2.60. The molecule has 1 aromatic heterocycles. The van der Waals surface area contributed by atoms with Crippen LogP contribution in [0.2, 0.25) is 0 Å². The summed E-state index contributed by atoms with van der Waals surface area (Å²) in [5.74, 6) is 0.421. The maximum Gasteiger partial charge on any atom is 0.293 e. The van der Waals surface area contributed by atoms with Crippen LogP contribution < -0.4 is 16.6 Å². The van der Waals surface area contributed by atoms with E-state index in [0.717, 1.165) is 12.8 Å². The molecule has 0 saturated heterocycles. The number of aryl methyl sites for hydroxylation is 1. The van der Waals surface area contributed by atoms with E-state index in [-0.39, 0.29) is 11.6 Å². The van der Waals surface area contributed by atoms with Gasteiger partial charge in [-0.3, -0.25) is 4.79 Å². The molecule has 90 valence electrons. The van der Waals surface area contributed by atoms with Crippen molar-refractivity contribution in [1.82, 2.24) is 9.55 Å². The molecule has 0 bridgehead atoms. The molecule has 1 unspecified atom stereocenters. The van der Waals surface area contributed by atoms with Crippen LogP contribution in [0.15, 0.2) is 17.2 Å². The van der Waals surface area contributed by atoms with Gasteiger partial charge in [-0.2, -0.15) is 0 Å². The van der Waals surface area contributed by atoms with E-state index in [0.29, 0.717) is 18.9 Å². The van der Waals surface area contributed by atoms with Crippen molar-refractivity contribution in [2.45, 2.75) is 39.3 Å². The Hall–Kier alpha value is -1.36. The quantitative estimate of drug-likeness (QED) is 0.749. The standard InChI is InChI=1S/C11H20N4O/c1-3-9(5-6-12)14-10-11(16)15(4-2)8-7-13-10/h7-9H,3-6,12H2,1-2H3,(H,13,14). The first kappa shape index (κ1) is 12.7. The van der Waals surface area contributed by atoms with Crippen LogP contribution in [0.5, 0.6) is 0 Å². The van der Waals surface area contributed by atoms with E-state index in [1.807, 2.05) is 6.92 Å². The zero-order valence-electron chi connectivity index (χ0n) is 9.94. The molecule has 3 N–H and O–H groups in total. The first-order valence-corrected chi connectivity index (χ1v) is 5.74. The van der Waals surface area contributed by atoms with Crippen LogP contribution in [0, 0.1) is 0 Å². The predicted octanol–water partition coefficient (Wildman–Crippen LogP) is 0.802. The van der Waals surface area contributed by atoms with E-state index in [9.17, 15) is 4.79 Å². The SMILES string of the molecule is CCC(CCN)Nc1nccn(CC)c1=O. The summed E-state index contributed by atoms with van der Waals surface area (Å²) in [7, 11) is 0. The summed E-state index contributed by atoms with van der Waals surface area (Å²) in [6.45, 7) is 5.26. The van der Waals surface area contributed by atoms with Gasteiger partial charge in [0.15, 0.2) is 5.82 Å². The van der Waals surface area contributed by atoms with Crippen LogP contribution in [0.3, 0.4) is 0 Å². The summed E-state index contributed by atoms with van der Waals surface area (Å²) in [4.78, 5) is 15.9. The van der Waals surface area contributed by atoms with Gasteiger partial charge in [0.25, 0.3) is 5.56 Å². The number of anilines is 1. The van der Waals surface area contributed by atoms with Crippen molar-refractivity contribution in [1.29, 1.82) is 0 Å². The minimum absolute atomic E-state index is 0.0690.